The van der Waals surface area contributed by atoms with Gasteiger partial charge < -0.3 is 15.5 Å². The zero-order valence-electron chi connectivity index (χ0n) is 14.0. The predicted octanol–water partition coefficient (Wildman–Crippen LogP) is 2.35. The summed E-state index contributed by atoms with van der Waals surface area (Å²) in [5.41, 5.74) is 10.9. The molecule has 2 unspecified atom stereocenters. The number of hydrogen-bond acceptors (Lipinski definition) is 3. The quantitative estimate of drug-likeness (QED) is 0.924. The van der Waals surface area contributed by atoms with Gasteiger partial charge in [-0.3, -0.25) is 4.79 Å². The summed E-state index contributed by atoms with van der Waals surface area (Å²) in [7, 11) is 0. The van der Waals surface area contributed by atoms with E-state index in [1.54, 1.807) is 0 Å². The number of rotatable bonds is 2. The lowest BCUT2D eigenvalue weighted by Crippen LogP contribution is -2.49. The summed E-state index contributed by atoms with van der Waals surface area (Å²) in [6.45, 7) is 3.23. The molecule has 2 aromatic carbocycles. The molecule has 2 heterocycles. The van der Waals surface area contributed by atoms with Crippen molar-refractivity contribution in [2.45, 2.75) is 31.8 Å². The first-order valence-electron chi connectivity index (χ1n) is 8.62. The van der Waals surface area contributed by atoms with Gasteiger partial charge in [0.05, 0.1) is 6.54 Å². The van der Waals surface area contributed by atoms with E-state index < -0.39 is 0 Å². The SMILES string of the molecule is CC1Cc2ccccc2N1C(=O)CN1CC(N)Cc2ccccc21. The predicted molar refractivity (Wildman–Crippen MR) is 97.4 cm³/mol. The van der Waals surface area contributed by atoms with Crippen molar-refractivity contribution >= 4 is 17.3 Å². The fourth-order valence-electron chi connectivity index (χ4n) is 4.06. The van der Waals surface area contributed by atoms with Crippen molar-refractivity contribution in [3.8, 4) is 0 Å². The summed E-state index contributed by atoms with van der Waals surface area (Å²) in [6.07, 6.45) is 1.81. The second-order valence-electron chi connectivity index (χ2n) is 6.92. The molecule has 0 aliphatic carbocycles. The average Bonchev–Trinajstić information content (AvgIpc) is 2.90. The lowest BCUT2D eigenvalue weighted by molar-refractivity contribution is -0.117. The number of nitrogens with zero attached hydrogens (tertiary/aromatic N) is 2. The van der Waals surface area contributed by atoms with Crippen LogP contribution in [0.25, 0.3) is 0 Å². The monoisotopic (exact) mass is 321 g/mol. The molecule has 2 aromatic rings. The minimum absolute atomic E-state index is 0.0796. The number of carbonyl (C=O) groups is 1. The first-order chi connectivity index (χ1) is 11.6. The Morgan fingerprint density at radius 1 is 1.04 bits per heavy atom. The zero-order valence-corrected chi connectivity index (χ0v) is 14.0. The van der Waals surface area contributed by atoms with Gasteiger partial charge in [0.1, 0.15) is 0 Å². The lowest BCUT2D eigenvalue weighted by atomic mass is 9.98. The molecule has 4 nitrogen and oxygen atoms in total. The van der Waals surface area contributed by atoms with Gasteiger partial charge in [0.25, 0.3) is 0 Å². The van der Waals surface area contributed by atoms with E-state index >= 15 is 0 Å². The molecular formula is C20H23N3O. The Kier molecular flexibility index (Phi) is 3.77. The van der Waals surface area contributed by atoms with Crippen molar-refractivity contribution in [2.75, 3.05) is 22.9 Å². The third-order valence-electron chi connectivity index (χ3n) is 5.07. The molecule has 0 aromatic heterocycles. The maximum Gasteiger partial charge on any atom is 0.246 e. The Morgan fingerprint density at radius 3 is 2.42 bits per heavy atom. The van der Waals surface area contributed by atoms with E-state index in [2.05, 4.69) is 30.0 Å². The van der Waals surface area contributed by atoms with Crippen LogP contribution in [0.15, 0.2) is 48.5 Å². The number of nitrogens with two attached hydrogens (primary N) is 1. The molecular weight excluding hydrogens is 298 g/mol. The highest BCUT2D eigenvalue weighted by Crippen LogP contribution is 2.33. The van der Waals surface area contributed by atoms with Crippen LogP contribution in [0.4, 0.5) is 11.4 Å². The van der Waals surface area contributed by atoms with Crippen molar-refractivity contribution in [3.63, 3.8) is 0 Å². The van der Waals surface area contributed by atoms with Crippen LogP contribution in [0.5, 0.6) is 0 Å². The maximum absolute atomic E-state index is 13.0. The highest BCUT2D eigenvalue weighted by atomic mass is 16.2. The van der Waals surface area contributed by atoms with Crippen LogP contribution in [-0.2, 0) is 17.6 Å². The Balaban J connectivity index is 1.59. The number of amides is 1. The van der Waals surface area contributed by atoms with Gasteiger partial charge in [0.15, 0.2) is 0 Å². The summed E-state index contributed by atoms with van der Waals surface area (Å²) in [5, 5.41) is 0. The fraction of sp³-hybridized carbons (Fsp3) is 0.350. The highest BCUT2D eigenvalue weighted by molar-refractivity contribution is 5.99. The molecule has 24 heavy (non-hydrogen) atoms. The normalized spacial score (nSPS) is 22.2. The highest BCUT2D eigenvalue weighted by Gasteiger charge is 2.32. The van der Waals surface area contributed by atoms with E-state index in [-0.39, 0.29) is 18.0 Å². The molecule has 4 heteroatoms. The van der Waals surface area contributed by atoms with Crippen molar-refractivity contribution in [1.29, 1.82) is 0 Å². The Morgan fingerprint density at radius 2 is 1.67 bits per heavy atom. The molecule has 2 aliphatic rings. The molecule has 0 fully saturated rings. The van der Waals surface area contributed by atoms with Crippen LogP contribution >= 0.6 is 0 Å². The van der Waals surface area contributed by atoms with Crippen LogP contribution < -0.4 is 15.5 Å². The van der Waals surface area contributed by atoms with E-state index in [9.17, 15) is 4.79 Å². The largest absolute Gasteiger partial charge is 0.360 e. The van der Waals surface area contributed by atoms with E-state index in [0.29, 0.717) is 6.54 Å². The van der Waals surface area contributed by atoms with Crippen molar-refractivity contribution in [2.24, 2.45) is 5.73 Å². The molecule has 124 valence electrons. The molecule has 0 radical (unpaired) electrons. The summed E-state index contributed by atoms with van der Waals surface area (Å²) in [4.78, 5) is 17.1. The number of hydrogen-bond donors (Lipinski definition) is 1. The molecule has 2 N–H and O–H groups in total. The summed E-state index contributed by atoms with van der Waals surface area (Å²) in [6, 6.07) is 16.8. The minimum Gasteiger partial charge on any atom is -0.360 e. The smallest absolute Gasteiger partial charge is 0.246 e. The third-order valence-corrected chi connectivity index (χ3v) is 5.07. The van der Waals surface area contributed by atoms with Gasteiger partial charge in [-0.05, 0) is 43.0 Å². The molecule has 0 bridgehead atoms. The number of benzene rings is 2. The van der Waals surface area contributed by atoms with Crippen molar-refractivity contribution in [3.05, 3.63) is 59.7 Å². The van der Waals surface area contributed by atoms with Crippen LogP contribution in [0.2, 0.25) is 0 Å². The van der Waals surface area contributed by atoms with Crippen molar-refractivity contribution in [1.82, 2.24) is 0 Å². The van der Waals surface area contributed by atoms with Crippen molar-refractivity contribution < 1.29 is 4.79 Å². The van der Waals surface area contributed by atoms with E-state index in [1.165, 1.54) is 11.1 Å². The minimum atomic E-state index is 0.0796. The fourth-order valence-corrected chi connectivity index (χ4v) is 4.06. The second kappa shape index (κ2) is 5.95. The molecule has 0 saturated carbocycles. The van der Waals surface area contributed by atoms with Gasteiger partial charge in [-0.1, -0.05) is 36.4 Å². The Bertz CT molecular complexity index is 773. The third kappa shape index (κ3) is 2.57. The zero-order chi connectivity index (χ0) is 16.7. The van der Waals surface area contributed by atoms with Crippen LogP contribution in [0.1, 0.15) is 18.1 Å². The topological polar surface area (TPSA) is 49.6 Å². The maximum atomic E-state index is 13.0. The lowest BCUT2D eigenvalue weighted by Gasteiger charge is -2.35. The van der Waals surface area contributed by atoms with Crippen LogP contribution in [-0.4, -0.2) is 31.1 Å². The summed E-state index contributed by atoms with van der Waals surface area (Å²) >= 11 is 0. The molecule has 4 rings (SSSR count). The summed E-state index contributed by atoms with van der Waals surface area (Å²) < 4.78 is 0. The van der Waals surface area contributed by atoms with Gasteiger partial charge in [0, 0.05) is 30.0 Å². The summed E-state index contributed by atoms with van der Waals surface area (Å²) in [5.74, 6) is 0.149. The number of anilines is 2. The molecule has 1 amide bonds. The second-order valence-corrected chi connectivity index (χ2v) is 6.92. The number of fused-ring (bicyclic) bond motifs is 2. The van der Waals surface area contributed by atoms with Gasteiger partial charge in [-0.25, -0.2) is 0 Å². The van der Waals surface area contributed by atoms with Crippen LogP contribution in [0.3, 0.4) is 0 Å². The molecule has 2 aliphatic heterocycles. The van der Waals surface area contributed by atoms with E-state index in [0.717, 1.165) is 30.8 Å². The van der Waals surface area contributed by atoms with Crippen LogP contribution in [0, 0.1) is 0 Å². The first kappa shape index (κ1) is 15.2. The number of carbonyl (C=O) groups excluding carboxylic acids is 1. The van der Waals surface area contributed by atoms with Gasteiger partial charge in [0.2, 0.25) is 5.91 Å². The number of para-hydroxylation sites is 2. The molecule has 0 saturated heterocycles. The standard InChI is InChI=1S/C20H23N3O/c1-14-10-15-6-3-5-9-19(15)23(14)20(24)13-22-12-17(21)11-16-7-2-4-8-18(16)22/h2-9,14,17H,10-13,21H2,1H3. The van der Waals surface area contributed by atoms with Gasteiger partial charge in [-0.15, -0.1) is 0 Å². The first-order valence-corrected chi connectivity index (χ1v) is 8.62. The molecule has 0 spiro atoms. The van der Waals surface area contributed by atoms with Gasteiger partial charge in [-0.2, -0.15) is 0 Å². The molecule has 2 atom stereocenters. The Hall–Kier alpha value is -2.33. The van der Waals surface area contributed by atoms with E-state index in [4.69, 9.17) is 5.73 Å². The average molecular weight is 321 g/mol. The Labute approximate surface area is 142 Å². The van der Waals surface area contributed by atoms with Gasteiger partial charge >= 0.3 is 0 Å². The van der Waals surface area contributed by atoms with E-state index in [1.807, 2.05) is 35.2 Å².